The Balaban J connectivity index is 2.32. The molecule has 0 aromatic rings. The largest absolute Gasteiger partial charge is 0.317 e. The Morgan fingerprint density at radius 2 is 1.69 bits per heavy atom. The van der Waals surface area contributed by atoms with Crippen molar-refractivity contribution in [1.29, 1.82) is 0 Å². The third-order valence-corrected chi connectivity index (χ3v) is 4.77. The van der Waals surface area contributed by atoms with Gasteiger partial charge in [0.25, 0.3) is 0 Å². The zero-order valence-corrected chi connectivity index (χ0v) is 11.1. The van der Waals surface area contributed by atoms with Crippen LogP contribution in [0, 0.1) is 0 Å². The lowest BCUT2D eigenvalue weighted by Crippen LogP contribution is -2.42. The van der Waals surface area contributed by atoms with Crippen LogP contribution in [0.2, 0.25) is 0 Å². The molecule has 5 heteroatoms. The fourth-order valence-electron chi connectivity index (χ4n) is 2.15. The summed E-state index contributed by atoms with van der Waals surface area (Å²) in [6.07, 6.45) is 5.72. The lowest BCUT2D eigenvalue weighted by atomic mass is 9.92. The normalized spacial score (nSPS) is 26.9. The van der Waals surface area contributed by atoms with Crippen molar-refractivity contribution >= 4 is 10.0 Å². The monoisotopic (exact) mass is 248 g/mol. The summed E-state index contributed by atoms with van der Waals surface area (Å²) in [4.78, 5) is 0. The highest BCUT2D eigenvalue weighted by Crippen LogP contribution is 2.19. The number of hydrogen-bond acceptors (Lipinski definition) is 3. The van der Waals surface area contributed by atoms with Crippen LogP contribution in [0.3, 0.4) is 0 Å². The summed E-state index contributed by atoms with van der Waals surface area (Å²) in [5.41, 5.74) is 0. The van der Waals surface area contributed by atoms with Crippen molar-refractivity contribution in [3.63, 3.8) is 0 Å². The molecule has 16 heavy (non-hydrogen) atoms. The number of nitrogens with one attached hydrogen (secondary N) is 2. The molecule has 0 heterocycles. The number of unbranched alkanes of at least 4 members (excludes halogenated alkanes) is 1. The minimum Gasteiger partial charge on any atom is -0.317 e. The fraction of sp³-hybridized carbons (Fsp3) is 1.00. The second-order valence-corrected chi connectivity index (χ2v) is 6.50. The van der Waals surface area contributed by atoms with Gasteiger partial charge in [0.05, 0.1) is 5.75 Å². The summed E-state index contributed by atoms with van der Waals surface area (Å²) in [6, 6.07) is 0.725. The van der Waals surface area contributed by atoms with Crippen molar-refractivity contribution in [2.24, 2.45) is 0 Å². The third-order valence-electron chi connectivity index (χ3n) is 3.25. The quantitative estimate of drug-likeness (QED) is 0.743. The summed E-state index contributed by atoms with van der Waals surface area (Å²) in [5, 5.41) is 3.24. The molecule has 0 saturated heterocycles. The molecule has 0 amide bonds. The van der Waals surface area contributed by atoms with E-state index >= 15 is 0 Å². The Hall–Kier alpha value is -0.130. The van der Waals surface area contributed by atoms with Gasteiger partial charge in [0.1, 0.15) is 0 Å². The summed E-state index contributed by atoms with van der Waals surface area (Å²) >= 11 is 0. The SMILES string of the molecule is CCCCS(=O)(=O)NC1CCC(NC)CC1. The van der Waals surface area contributed by atoms with Crippen LogP contribution in [0.25, 0.3) is 0 Å². The smallest absolute Gasteiger partial charge is 0.211 e. The van der Waals surface area contributed by atoms with Crippen molar-refractivity contribution in [2.75, 3.05) is 12.8 Å². The topological polar surface area (TPSA) is 58.2 Å². The van der Waals surface area contributed by atoms with E-state index in [1.807, 2.05) is 14.0 Å². The van der Waals surface area contributed by atoms with Gasteiger partial charge in [-0.1, -0.05) is 13.3 Å². The molecule has 96 valence electrons. The maximum absolute atomic E-state index is 11.7. The second-order valence-electron chi connectivity index (χ2n) is 4.63. The molecule has 4 nitrogen and oxygen atoms in total. The van der Waals surface area contributed by atoms with E-state index in [9.17, 15) is 8.42 Å². The Kier molecular flexibility index (Phi) is 5.72. The van der Waals surface area contributed by atoms with E-state index in [0.29, 0.717) is 6.04 Å². The van der Waals surface area contributed by atoms with E-state index in [0.717, 1.165) is 38.5 Å². The minimum atomic E-state index is -3.04. The molecular weight excluding hydrogens is 224 g/mol. The number of rotatable bonds is 6. The van der Waals surface area contributed by atoms with Crippen LogP contribution in [-0.2, 0) is 10.0 Å². The summed E-state index contributed by atoms with van der Waals surface area (Å²) in [6.45, 7) is 2.01. The minimum absolute atomic E-state index is 0.159. The molecule has 0 bridgehead atoms. The molecule has 0 radical (unpaired) electrons. The molecule has 0 unspecified atom stereocenters. The molecule has 1 fully saturated rings. The number of hydrogen-bond donors (Lipinski definition) is 2. The van der Waals surface area contributed by atoms with Gasteiger partial charge in [-0.05, 0) is 39.2 Å². The Labute approximate surface area is 99.2 Å². The highest BCUT2D eigenvalue weighted by atomic mass is 32.2. The van der Waals surface area contributed by atoms with Gasteiger partial charge in [-0.2, -0.15) is 0 Å². The van der Waals surface area contributed by atoms with Gasteiger partial charge in [-0.15, -0.1) is 0 Å². The average molecular weight is 248 g/mol. The van der Waals surface area contributed by atoms with Crippen LogP contribution >= 0.6 is 0 Å². The fourth-order valence-corrected chi connectivity index (χ4v) is 3.68. The predicted octanol–water partition coefficient (Wildman–Crippen LogP) is 1.24. The molecule has 0 atom stereocenters. The van der Waals surface area contributed by atoms with Crippen LogP contribution in [0.5, 0.6) is 0 Å². The van der Waals surface area contributed by atoms with E-state index in [1.54, 1.807) is 0 Å². The highest BCUT2D eigenvalue weighted by Gasteiger charge is 2.23. The summed E-state index contributed by atoms with van der Waals surface area (Å²) in [7, 11) is -1.07. The van der Waals surface area contributed by atoms with Gasteiger partial charge < -0.3 is 5.32 Å². The molecule has 0 aromatic carbocycles. The first-order valence-electron chi connectivity index (χ1n) is 6.24. The van der Waals surface area contributed by atoms with E-state index in [1.165, 1.54) is 0 Å². The molecule has 0 aromatic heterocycles. The highest BCUT2D eigenvalue weighted by molar-refractivity contribution is 7.89. The zero-order chi connectivity index (χ0) is 12.0. The van der Waals surface area contributed by atoms with Gasteiger partial charge in [0, 0.05) is 12.1 Å². The van der Waals surface area contributed by atoms with E-state index in [2.05, 4.69) is 10.0 Å². The predicted molar refractivity (Wildman–Crippen MR) is 66.9 cm³/mol. The van der Waals surface area contributed by atoms with E-state index in [4.69, 9.17) is 0 Å². The molecule has 0 spiro atoms. The van der Waals surface area contributed by atoms with Crippen LogP contribution in [0.15, 0.2) is 0 Å². The molecule has 0 aliphatic heterocycles. The van der Waals surface area contributed by atoms with Crippen molar-refractivity contribution in [3.8, 4) is 0 Å². The van der Waals surface area contributed by atoms with Crippen molar-refractivity contribution in [3.05, 3.63) is 0 Å². The van der Waals surface area contributed by atoms with Gasteiger partial charge in [0.15, 0.2) is 0 Å². The lowest BCUT2D eigenvalue weighted by molar-refractivity contribution is 0.342. The Morgan fingerprint density at radius 3 is 2.19 bits per heavy atom. The standard InChI is InChI=1S/C11H24N2O2S/c1-3-4-9-16(14,15)13-11-7-5-10(12-2)6-8-11/h10-13H,3-9H2,1-2H3. The zero-order valence-electron chi connectivity index (χ0n) is 10.3. The molecule has 1 aliphatic carbocycles. The van der Waals surface area contributed by atoms with E-state index < -0.39 is 10.0 Å². The molecular formula is C11H24N2O2S. The molecule has 1 aliphatic rings. The molecule has 1 rings (SSSR count). The van der Waals surface area contributed by atoms with Crippen LogP contribution < -0.4 is 10.0 Å². The Morgan fingerprint density at radius 1 is 1.12 bits per heavy atom. The first kappa shape index (κ1) is 13.9. The van der Waals surface area contributed by atoms with Crippen LogP contribution in [-0.4, -0.2) is 33.3 Å². The maximum Gasteiger partial charge on any atom is 0.211 e. The van der Waals surface area contributed by atoms with Crippen LogP contribution in [0.4, 0.5) is 0 Å². The molecule has 1 saturated carbocycles. The molecule has 2 N–H and O–H groups in total. The van der Waals surface area contributed by atoms with Gasteiger partial charge in [0.2, 0.25) is 10.0 Å². The van der Waals surface area contributed by atoms with Crippen molar-refractivity contribution in [1.82, 2.24) is 10.0 Å². The second kappa shape index (κ2) is 6.57. The average Bonchev–Trinajstić information content (AvgIpc) is 2.27. The lowest BCUT2D eigenvalue weighted by Gasteiger charge is -2.28. The van der Waals surface area contributed by atoms with Gasteiger partial charge >= 0.3 is 0 Å². The van der Waals surface area contributed by atoms with E-state index in [-0.39, 0.29) is 11.8 Å². The van der Waals surface area contributed by atoms with Crippen molar-refractivity contribution in [2.45, 2.75) is 57.5 Å². The Bertz CT molecular complexity index is 282. The van der Waals surface area contributed by atoms with Gasteiger partial charge in [-0.3, -0.25) is 0 Å². The maximum atomic E-state index is 11.7. The first-order valence-corrected chi connectivity index (χ1v) is 7.90. The van der Waals surface area contributed by atoms with Gasteiger partial charge in [-0.25, -0.2) is 13.1 Å². The first-order chi connectivity index (χ1) is 7.57. The third kappa shape index (κ3) is 4.80. The van der Waals surface area contributed by atoms with Crippen LogP contribution in [0.1, 0.15) is 45.4 Å². The summed E-state index contributed by atoms with van der Waals surface area (Å²) in [5.74, 6) is 0.273. The van der Waals surface area contributed by atoms with Crippen molar-refractivity contribution < 1.29 is 8.42 Å². The summed E-state index contributed by atoms with van der Waals surface area (Å²) < 4.78 is 26.2. The number of sulfonamides is 1.